The molecule has 4 aliphatic carbocycles. The number of carbonyl (C=O) groups excluding carboxylic acids is 3. The minimum absolute atomic E-state index is 0.163. The lowest BCUT2D eigenvalue weighted by Crippen LogP contribution is -2.40. The molecule has 0 N–H and O–H groups in total. The molecule has 1 aromatic carbocycles. The third-order valence-corrected chi connectivity index (χ3v) is 7.55. The van der Waals surface area contributed by atoms with Crippen LogP contribution < -0.4 is 0 Å². The largest absolute Gasteiger partial charge is 0.465 e. The van der Waals surface area contributed by atoms with Crippen molar-refractivity contribution < 1.29 is 23.5 Å². The minimum Gasteiger partial charge on any atom is -0.465 e. The summed E-state index contributed by atoms with van der Waals surface area (Å²) in [5.74, 6) is 0.763. The van der Waals surface area contributed by atoms with Gasteiger partial charge in [-0.05, 0) is 60.4 Å². The number of hydrazone groups is 1. The molecule has 32 heavy (non-hydrogen) atoms. The van der Waals surface area contributed by atoms with Gasteiger partial charge < -0.3 is 9.15 Å². The Morgan fingerprint density at radius 2 is 1.81 bits per heavy atom. The molecule has 8 heteroatoms. The number of rotatable bonds is 4. The molecule has 0 radical (unpaired) electrons. The van der Waals surface area contributed by atoms with Crippen molar-refractivity contribution in [2.45, 2.75) is 6.42 Å². The van der Waals surface area contributed by atoms with Gasteiger partial charge in [-0.25, -0.2) is 4.79 Å². The van der Waals surface area contributed by atoms with Gasteiger partial charge in [0.1, 0.15) is 11.5 Å². The summed E-state index contributed by atoms with van der Waals surface area (Å²) in [4.78, 5) is 37.9. The van der Waals surface area contributed by atoms with Crippen LogP contribution in [0.1, 0.15) is 22.5 Å². The summed E-state index contributed by atoms with van der Waals surface area (Å²) in [5, 5.41) is 5.49. The fourth-order valence-corrected chi connectivity index (χ4v) is 5.89. The topological polar surface area (TPSA) is 89.2 Å². The second kappa shape index (κ2) is 6.90. The van der Waals surface area contributed by atoms with Crippen molar-refractivity contribution in [3.8, 4) is 11.3 Å². The fourth-order valence-electron chi connectivity index (χ4n) is 5.69. The highest BCUT2D eigenvalue weighted by Crippen LogP contribution is 2.65. The number of carbonyl (C=O) groups is 3. The van der Waals surface area contributed by atoms with E-state index in [0.29, 0.717) is 28.9 Å². The van der Waals surface area contributed by atoms with Gasteiger partial charge >= 0.3 is 5.97 Å². The van der Waals surface area contributed by atoms with Gasteiger partial charge in [-0.1, -0.05) is 23.8 Å². The number of halogens is 1. The lowest BCUT2D eigenvalue weighted by atomic mass is 9.63. The van der Waals surface area contributed by atoms with Gasteiger partial charge in [0.25, 0.3) is 11.8 Å². The van der Waals surface area contributed by atoms with Crippen LogP contribution in [0, 0.1) is 35.5 Å². The van der Waals surface area contributed by atoms with Crippen LogP contribution in [0.3, 0.4) is 0 Å². The lowest BCUT2D eigenvalue weighted by molar-refractivity contribution is -0.140. The van der Waals surface area contributed by atoms with E-state index in [0.717, 1.165) is 11.4 Å². The number of methoxy groups -OCH3 is 1. The molecule has 7 rings (SSSR count). The Balaban J connectivity index is 1.23. The number of benzene rings is 1. The number of allylic oxidation sites excluding steroid dienone is 2. The highest BCUT2D eigenvalue weighted by atomic mass is 35.5. The van der Waals surface area contributed by atoms with Gasteiger partial charge in [0.2, 0.25) is 0 Å². The molecular weight excluding hydrogens is 432 g/mol. The Kier molecular flexibility index (Phi) is 4.21. The molecule has 6 atom stereocenters. The SMILES string of the molecule is COC(=O)c1cc(-c2ccc(/C=N\N3C(=O)[C@@H]4[C@@H]5C=C[C@H]([C@H]6C[C@@H]56)[C@@H]4C3=O)o2)ccc1Cl. The molecule has 2 heterocycles. The molecule has 2 bridgehead atoms. The average molecular weight is 451 g/mol. The molecule has 162 valence electrons. The number of furan rings is 1. The van der Waals surface area contributed by atoms with Crippen LogP contribution >= 0.6 is 11.6 Å². The number of hydrogen-bond donors (Lipinski definition) is 0. The van der Waals surface area contributed by atoms with Gasteiger partial charge in [0, 0.05) is 5.56 Å². The normalized spacial score (nSPS) is 31.9. The molecule has 7 nitrogen and oxygen atoms in total. The number of esters is 1. The molecule has 0 unspecified atom stereocenters. The first-order valence-electron chi connectivity index (χ1n) is 10.6. The first-order chi connectivity index (χ1) is 15.5. The van der Waals surface area contributed by atoms with Gasteiger partial charge in [-0.2, -0.15) is 10.1 Å². The molecule has 1 aromatic heterocycles. The summed E-state index contributed by atoms with van der Waals surface area (Å²) in [6.07, 6.45) is 6.76. The third kappa shape index (κ3) is 2.73. The summed E-state index contributed by atoms with van der Waals surface area (Å²) in [7, 11) is 1.29. The van der Waals surface area contributed by atoms with Crippen LogP contribution in [-0.4, -0.2) is 36.1 Å². The fraction of sp³-hybridized carbons (Fsp3) is 0.333. The number of ether oxygens (including phenoxy) is 1. The van der Waals surface area contributed by atoms with Crippen LogP contribution in [0.15, 0.2) is 52.0 Å². The smallest absolute Gasteiger partial charge is 0.339 e. The first kappa shape index (κ1) is 19.5. The molecule has 2 aromatic rings. The van der Waals surface area contributed by atoms with Crippen molar-refractivity contribution in [3.05, 3.63) is 58.8 Å². The average Bonchev–Trinajstić information content (AvgIpc) is 3.44. The maximum absolute atomic E-state index is 13.0. The van der Waals surface area contributed by atoms with Crippen LogP contribution in [0.4, 0.5) is 0 Å². The van der Waals surface area contributed by atoms with Crippen LogP contribution in [0.25, 0.3) is 11.3 Å². The van der Waals surface area contributed by atoms with Gasteiger partial charge in [-0.15, -0.1) is 0 Å². The predicted molar refractivity (Wildman–Crippen MR) is 115 cm³/mol. The number of hydrogen-bond acceptors (Lipinski definition) is 6. The van der Waals surface area contributed by atoms with Crippen LogP contribution in [0.2, 0.25) is 5.02 Å². The Labute approximate surface area is 188 Å². The van der Waals surface area contributed by atoms with E-state index in [9.17, 15) is 14.4 Å². The maximum Gasteiger partial charge on any atom is 0.339 e. The van der Waals surface area contributed by atoms with E-state index in [1.54, 1.807) is 30.3 Å². The van der Waals surface area contributed by atoms with E-state index in [2.05, 4.69) is 17.3 Å². The number of imide groups is 1. The molecule has 5 aliphatic rings. The summed E-state index contributed by atoms with van der Waals surface area (Å²) in [5.41, 5.74) is 0.867. The van der Waals surface area contributed by atoms with Gasteiger partial charge in [0.05, 0.1) is 35.7 Å². The first-order valence-corrected chi connectivity index (χ1v) is 10.9. The van der Waals surface area contributed by atoms with Crippen molar-refractivity contribution in [2.24, 2.45) is 40.6 Å². The van der Waals surface area contributed by atoms with Crippen molar-refractivity contribution in [2.75, 3.05) is 7.11 Å². The van der Waals surface area contributed by atoms with Crippen molar-refractivity contribution >= 4 is 35.6 Å². The molecule has 2 amide bonds. The van der Waals surface area contributed by atoms with E-state index in [-0.39, 0.29) is 46.1 Å². The summed E-state index contributed by atoms with van der Waals surface area (Å²) in [6, 6.07) is 8.30. The zero-order valence-electron chi connectivity index (χ0n) is 17.1. The van der Waals surface area contributed by atoms with Crippen molar-refractivity contribution in [1.29, 1.82) is 0 Å². The summed E-state index contributed by atoms with van der Waals surface area (Å²) < 4.78 is 10.5. The Bertz CT molecular complexity index is 1190. The van der Waals surface area contributed by atoms with E-state index >= 15 is 0 Å². The van der Waals surface area contributed by atoms with Gasteiger partial charge in [0.15, 0.2) is 0 Å². The monoisotopic (exact) mass is 450 g/mol. The number of nitrogens with zero attached hydrogens (tertiary/aromatic N) is 2. The van der Waals surface area contributed by atoms with Crippen LogP contribution in [0.5, 0.6) is 0 Å². The second-order valence-corrected chi connectivity index (χ2v) is 9.18. The standard InChI is InChI=1S/C24H19ClN2O5/c1-31-24(30)17-8-11(2-6-18(17)25)19-7-3-12(32-19)10-26-27-22(28)20-13-4-5-14(16-9-15(13)16)21(20)23(27)29/h2-8,10,13-16,20-21H,9H2,1H3/b26-10-/t13-,14-,15-,16+,20+,21-/m1/s1. The minimum atomic E-state index is -0.543. The second-order valence-electron chi connectivity index (χ2n) is 8.78. The number of amides is 2. The molecule has 2 saturated carbocycles. The van der Waals surface area contributed by atoms with Gasteiger partial charge in [-0.3, -0.25) is 9.59 Å². The Morgan fingerprint density at radius 1 is 1.12 bits per heavy atom. The summed E-state index contributed by atoms with van der Waals surface area (Å²) >= 11 is 6.07. The van der Waals surface area contributed by atoms with Crippen molar-refractivity contribution in [3.63, 3.8) is 0 Å². The van der Waals surface area contributed by atoms with E-state index in [1.165, 1.54) is 13.3 Å². The maximum atomic E-state index is 13.0. The predicted octanol–water partition coefficient (Wildman–Crippen LogP) is 3.77. The zero-order valence-corrected chi connectivity index (χ0v) is 17.9. The molecule has 1 saturated heterocycles. The molecule has 3 fully saturated rings. The van der Waals surface area contributed by atoms with E-state index in [4.69, 9.17) is 20.8 Å². The molecule has 0 spiro atoms. The summed E-state index contributed by atoms with van der Waals surface area (Å²) in [6.45, 7) is 0. The zero-order chi connectivity index (χ0) is 22.1. The Hall–Kier alpha value is -3.19. The molecular formula is C24H19ClN2O5. The Morgan fingerprint density at radius 3 is 2.47 bits per heavy atom. The van der Waals surface area contributed by atoms with Crippen LogP contribution in [-0.2, 0) is 14.3 Å². The van der Waals surface area contributed by atoms with Crippen molar-refractivity contribution in [1.82, 2.24) is 5.01 Å². The third-order valence-electron chi connectivity index (χ3n) is 7.22. The molecule has 1 aliphatic heterocycles. The quantitative estimate of drug-likeness (QED) is 0.306. The van der Waals surface area contributed by atoms with E-state index < -0.39 is 5.97 Å². The van der Waals surface area contributed by atoms with E-state index in [1.807, 2.05) is 0 Å². The highest BCUT2D eigenvalue weighted by molar-refractivity contribution is 6.33. The lowest BCUT2D eigenvalue weighted by Gasteiger charge is -2.37. The highest BCUT2D eigenvalue weighted by Gasteiger charge is 2.67.